The topological polar surface area (TPSA) is 9.23 Å². The summed E-state index contributed by atoms with van der Waals surface area (Å²) in [6.07, 6.45) is 8.60. The maximum Gasteiger partial charge on any atom is 0.192 e. The van der Waals surface area contributed by atoms with E-state index in [9.17, 15) is 0 Å². The van der Waals surface area contributed by atoms with Gasteiger partial charge < -0.3 is 4.43 Å². The Bertz CT molecular complexity index is 572. The van der Waals surface area contributed by atoms with E-state index in [1.807, 2.05) is 6.07 Å². The Labute approximate surface area is 171 Å². The Kier molecular flexibility index (Phi) is 7.08. The predicted molar refractivity (Wildman–Crippen MR) is 119 cm³/mol. The molecule has 1 fully saturated rings. The summed E-state index contributed by atoms with van der Waals surface area (Å²) in [4.78, 5) is 1.40. The van der Waals surface area contributed by atoms with Crippen molar-refractivity contribution in [2.45, 2.75) is 77.1 Å². The highest BCUT2D eigenvalue weighted by Crippen LogP contribution is 2.52. The normalized spacial score (nSPS) is 19.5. The van der Waals surface area contributed by atoms with Gasteiger partial charge in [0.2, 0.25) is 0 Å². The van der Waals surface area contributed by atoms with Crippen molar-refractivity contribution in [1.29, 1.82) is 0 Å². The molecule has 1 heterocycles. The van der Waals surface area contributed by atoms with Crippen molar-refractivity contribution in [3.05, 3.63) is 31.5 Å². The third-order valence-corrected chi connectivity index (χ3v) is 12.1. The summed E-state index contributed by atoms with van der Waals surface area (Å²) in [7, 11) is -1.78. The summed E-state index contributed by atoms with van der Waals surface area (Å²) in [6, 6.07) is 4.23. The molecule has 1 saturated carbocycles. The van der Waals surface area contributed by atoms with E-state index in [1.165, 1.54) is 24.1 Å². The summed E-state index contributed by atoms with van der Waals surface area (Å²) in [5.41, 5.74) is 0.292. The molecular formula is C19H30ClIOSSi. The molecule has 1 aromatic rings. The highest BCUT2D eigenvalue weighted by Gasteiger charge is 2.48. The van der Waals surface area contributed by atoms with Crippen LogP contribution < -0.4 is 0 Å². The lowest BCUT2D eigenvalue weighted by molar-refractivity contribution is -0.0234. The highest BCUT2D eigenvalue weighted by molar-refractivity contribution is 14.1. The number of hydrogen-bond acceptors (Lipinski definition) is 2. The molecule has 1 nitrogen and oxygen atoms in total. The number of hydrogen-bond donors (Lipinski definition) is 0. The molecule has 5 heteroatoms. The van der Waals surface area contributed by atoms with Crippen molar-refractivity contribution in [2.75, 3.05) is 0 Å². The van der Waals surface area contributed by atoms with Crippen LogP contribution in [0.15, 0.2) is 22.3 Å². The molecule has 0 aliphatic heterocycles. The van der Waals surface area contributed by atoms with Crippen LogP contribution in [-0.4, -0.2) is 14.4 Å². The van der Waals surface area contributed by atoms with E-state index in [4.69, 9.17) is 16.0 Å². The molecule has 2 rings (SSSR count). The summed E-state index contributed by atoms with van der Waals surface area (Å²) < 4.78 is 9.98. The Hall–Kier alpha value is 0.637. The van der Waals surface area contributed by atoms with Gasteiger partial charge in [-0.1, -0.05) is 67.5 Å². The summed E-state index contributed by atoms with van der Waals surface area (Å²) >= 11 is 10.2. The second kappa shape index (κ2) is 8.11. The van der Waals surface area contributed by atoms with Crippen LogP contribution >= 0.6 is 45.5 Å². The second-order valence-electron chi connectivity index (χ2n) is 8.56. The minimum Gasteiger partial charge on any atom is -0.413 e. The molecule has 0 spiro atoms. The smallest absolute Gasteiger partial charge is 0.192 e. The van der Waals surface area contributed by atoms with Gasteiger partial charge >= 0.3 is 0 Å². The third-order valence-electron chi connectivity index (χ3n) is 5.87. The molecule has 0 bridgehead atoms. The molecule has 24 heavy (non-hydrogen) atoms. The fourth-order valence-corrected chi connectivity index (χ4v) is 6.12. The Balaban J connectivity index is 2.23. The lowest BCUT2D eigenvalue weighted by Gasteiger charge is -2.51. The van der Waals surface area contributed by atoms with Crippen LogP contribution in [0.2, 0.25) is 22.5 Å². The molecule has 1 atom stereocenters. The first kappa shape index (κ1) is 20.9. The molecule has 1 unspecified atom stereocenters. The molecule has 1 aliphatic rings. The largest absolute Gasteiger partial charge is 0.413 e. The molecule has 0 aromatic carbocycles. The van der Waals surface area contributed by atoms with Gasteiger partial charge in [0.1, 0.15) is 0 Å². The van der Waals surface area contributed by atoms with Gasteiger partial charge in [0.05, 0.1) is 10.4 Å². The number of halogens is 2. The minimum absolute atomic E-state index is 0.246. The van der Waals surface area contributed by atoms with Gasteiger partial charge in [-0.05, 0) is 60.0 Å². The van der Waals surface area contributed by atoms with Crippen molar-refractivity contribution in [3.8, 4) is 0 Å². The predicted octanol–water partition coefficient (Wildman–Crippen LogP) is 7.84. The average Bonchev–Trinajstić information content (AvgIpc) is 2.83. The molecule has 0 radical (unpaired) electrons. The Morgan fingerprint density at radius 2 is 2.04 bits per heavy atom. The average molecular weight is 497 g/mol. The van der Waals surface area contributed by atoms with Gasteiger partial charge in [-0.3, -0.25) is 0 Å². The van der Waals surface area contributed by atoms with Crippen LogP contribution in [0.3, 0.4) is 0 Å². The van der Waals surface area contributed by atoms with Crippen molar-refractivity contribution < 1.29 is 4.43 Å². The summed E-state index contributed by atoms with van der Waals surface area (Å²) in [5.74, 6) is 0. The lowest BCUT2D eigenvalue weighted by Crippen LogP contribution is -2.52. The Morgan fingerprint density at radius 3 is 2.46 bits per heavy atom. The molecule has 1 aliphatic carbocycles. The summed E-state index contributed by atoms with van der Waals surface area (Å²) in [6.45, 7) is 11.7. The van der Waals surface area contributed by atoms with Crippen molar-refractivity contribution in [3.63, 3.8) is 0 Å². The monoisotopic (exact) mass is 496 g/mol. The highest BCUT2D eigenvalue weighted by atomic mass is 127. The van der Waals surface area contributed by atoms with E-state index in [-0.39, 0.29) is 5.04 Å². The van der Waals surface area contributed by atoms with E-state index in [0.29, 0.717) is 11.5 Å². The first-order chi connectivity index (χ1) is 11.1. The van der Waals surface area contributed by atoms with Gasteiger partial charge in [-0.25, -0.2) is 0 Å². The minimum atomic E-state index is -1.78. The van der Waals surface area contributed by atoms with Crippen LogP contribution in [0.1, 0.15) is 51.3 Å². The molecule has 136 valence electrons. The van der Waals surface area contributed by atoms with Gasteiger partial charge in [0, 0.05) is 10.3 Å². The van der Waals surface area contributed by atoms with Gasteiger partial charge in [-0.2, -0.15) is 0 Å². The van der Waals surface area contributed by atoms with Crippen molar-refractivity contribution >= 4 is 53.8 Å². The van der Waals surface area contributed by atoms with Crippen molar-refractivity contribution in [2.24, 2.45) is 5.41 Å². The zero-order valence-electron chi connectivity index (χ0n) is 15.5. The van der Waals surface area contributed by atoms with E-state index in [1.54, 1.807) is 11.3 Å². The fourth-order valence-electron chi connectivity index (χ4n) is 3.17. The maximum absolute atomic E-state index is 6.95. The van der Waals surface area contributed by atoms with E-state index < -0.39 is 8.32 Å². The Morgan fingerprint density at radius 1 is 1.38 bits per heavy atom. The third kappa shape index (κ3) is 4.87. The zero-order valence-corrected chi connectivity index (χ0v) is 20.2. The van der Waals surface area contributed by atoms with Gasteiger partial charge in [0.25, 0.3) is 0 Å². The standard InChI is InChI=1S/C19H30ClIOSSi/c1-18(2,3)24(4,5)22-16(8-6-13-21)19(11-7-12-19)14-15-9-10-17(20)23-15/h6,9-10,13,16H,7-8,11-12,14H2,1-5H3/b13-6+. The second-order valence-corrected chi connectivity index (χ2v) is 15.8. The van der Waals surface area contributed by atoms with E-state index >= 15 is 0 Å². The molecule has 0 N–H and O–H groups in total. The molecule has 0 saturated heterocycles. The first-order valence-corrected chi connectivity index (χ1v) is 14.1. The first-order valence-electron chi connectivity index (χ1n) is 8.77. The van der Waals surface area contributed by atoms with Crippen LogP contribution in [0.25, 0.3) is 0 Å². The summed E-state index contributed by atoms with van der Waals surface area (Å²) in [5, 5.41) is 0.246. The fraction of sp³-hybridized carbons (Fsp3) is 0.684. The number of rotatable bonds is 7. The van der Waals surface area contributed by atoms with E-state index in [0.717, 1.165) is 17.2 Å². The van der Waals surface area contributed by atoms with Gasteiger partial charge in [-0.15, -0.1) is 11.3 Å². The van der Waals surface area contributed by atoms with Crippen LogP contribution in [0.5, 0.6) is 0 Å². The van der Waals surface area contributed by atoms with Crippen LogP contribution in [-0.2, 0) is 10.8 Å². The van der Waals surface area contributed by atoms with Crippen LogP contribution in [0, 0.1) is 5.41 Å². The molecular weight excluding hydrogens is 467 g/mol. The van der Waals surface area contributed by atoms with Gasteiger partial charge in [0.15, 0.2) is 8.32 Å². The zero-order chi connectivity index (χ0) is 18.0. The quantitative estimate of drug-likeness (QED) is 0.276. The number of thiophene rings is 1. The lowest BCUT2D eigenvalue weighted by atomic mass is 9.62. The molecule has 0 amide bonds. The SMILES string of the molecule is CC(C)(C)[Si](C)(C)OC(C/C=C/I)C1(Cc2ccc(Cl)s2)CCC1. The van der Waals surface area contributed by atoms with Crippen molar-refractivity contribution in [1.82, 2.24) is 0 Å². The molecule has 1 aromatic heterocycles. The van der Waals surface area contributed by atoms with E-state index in [2.05, 4.69) is 72.7 Å². The maximum atomic E-state index is 6.95. The van der Waals surface area contributed by atoms with Crippen LogP contribution in [0.4, 0.5) is 0 Å².